The molecule has 2 aliphatic carbocycles. The molecular formula is C30H42N4O2. The van der Waals surface area contributed by atoms with Crippen molar-refractivity contribution in [2.75, 3.05) is 6.54 Å². The average Bonchev–Trinajstić information content (AvgIpc) is 2.86. The summed E-state index contributed by atoms with van der Waals surface area (Å²) in [7, 11) is 0. The molecule has 4 rings (SSSR count). The Morgan fingerprint density at radius 1 is 0.972 bits per heavy atom. The molecule has 0 radical (unpaired) electrons. The van der Waals surface area contributed by atoms with Crippen molar-refractivity contribution < 1.29 is 9.59 Å². The Kier molecular flexibility index (Phi) is 13.8. The molecule has 2 fully saturated rings. The maximum Gasteiger partial charge on any atom is 0.220 e. The lowest BCUT2D eigenvalue weighted by Crippen LogP contribution is -2.27. The summed E-state index contributed by atoms with van der Waals surface area (Å²) in [5.74, 6) is 0.953. The van der Waals surface area contributed by atoms with Crippen LogP contribution in [-0.2, 0) is 22.6 Å². The van der Waals surface area contributed by atoms with Gasteiger partial charge in [0.1, 0.15) is 0 Å². The van der Waals surface area contributed by atoms with Gasteiger partial charge in [0.15, 0.2) is 0 Å². The zero-order chi connectivity index (χ0) is 26.0. The number of rotatable bonds is 10. The summed E-state index contributed by atoms with van der Waals surface area (Å²) in [6.45, 7) is 10.9. The Balaban J connectivity index is 0.000000220. The first-order valence-corrected chi connectivity index (χ1v) is 13.1. The van der Waals surface area contributed by atoms with Crippen molar-refractivity contribution in [3.63, 3.8) is 0 Å². The molecule has 0 unspecified atom stereocenters. The highest BCUT2D eigenvalue weighted by Crippen LogP contribution is 2.34. The maximum atomic E-state index is 11.6. The first-order valence-electron chi connectivity index (χ1n) is 13.1. The van der Waals surface area contributed by atoms with E-state index in [1.807, 2.05) is 37.3 Å². The summed E-state index contributed by atoms with van der Waals surface area (Å²) < 4.78 is 0. The Morgan fingerprint density at radius 3 is 2.28 bits per heavy atom. The molecule has 0 bridgehead atoms. The summed E-state index contributed by atoms with van der Waals surface area (Å²) in [6, 6.07) is 9.65. The van der Waals surface area contributed by atoms with Crippen molar-refractivity contribution in [2.45, 2.75) is 77.7 Å². The summed E-state index contributed by atoms with van der Waals surface area (Å²) in [4.78, 5) is 30.9. The SMILES string of the molecule is C=C1CC(CCC(=O)NCCc2ccccn2)C1.C=C1CCC1.CCCC(=O)NCc1cccnc1. The van der Waals surface area contributed by atoms with Gasteiger partial charge in [-0.15, -0.1) is 0 Å². The first kappa shape index (κ1) is 29.0. The molecule has 0 aromatic carbocycles. The summed E-state index contributed by atoms with van der Waals surface area (Å²) in [5.41, 5.74) is 4.82. The third kappa shape index (κ3) is 13.0. The van der Waals surface area contributed by atoms with Crippen LogP contribution in [0.25, 0.3) is 0 Å². The normalized spacial score (nSPS) is 14.1. The molecule has 2 aromatic rings. The summed E-state index contributed by atoms with van der Waals surface area (Å²) in [6.07, 6.45) is 15.4. The predicted molar refractivity (Wildman–Crippen MR) is 146 cm³/mol. The van der Waals surface area contributed by atoms with Crippen LogP contribution in [0.4, 0.5) is 0 Å². The Hall–Kier alpha value is -3.28. The van der Waals surface area contributed by atoms with E-state index in [-0.39, 0.29) is 11.8 Å². The zero-order valence-corrected chi connectivity index (χ0v) is 21.8. The standard InChI is InChI=1S/C15H20N2O.C10H14N2O.C5H8/c1-12-10-13(11-12)5-6-15(18)17-9-7-14-4-2-3-8-16-14;1-2-4-10(13)12-8-9-5-3-6-11-7-9;1-5-3-2-4-5/h2-4,8,13H,1,5-7,9-11H2,(H,17,18);3,5-7H,2,4,8H2,1H3,(H,12,13);1-4H2. The molecule has 2 amide bonds. The molecule has 2 heterocycles. The van der Waals surface area contributed by atoms with Crippen LogP contribution in [0.5, 0.6) is 0 Å². The number of amides is 2. The minimum atomic E-state index is 0.103. The monoisotopic (exact) mass is 490 g/mol. The summed E-state index contributed by atoms with van der Waals surface area (Å²) in [5, 5.41) is 5.77. The lowest BCUT2D eigenvalue weighted by atomic mass is 9.78. The number of carbonyl (C=O) groups excluding carboxylic acids is 2. The summed E-state index contributed by atoms with van der Waals surface area (Å²) >= 11 is 0. The number of aromatic nitrogens is 2. The second kappa shape index (κ2) is 17.2. The number of hydrogen-bond acceptors (Lipinski definition) is 4. The molecule has 194 valence electrons. The molecule has 2 saturated carbocycles. The largest absolute Gasteiger partial charge is 0.356 e. The maximum absolute atomic E-state index is 11.6. The van der Waals surface area contributed by atoms with Crippen LogP contribution in [0.1, 0.15) is 76.0 Å². The number of hydrogen-bond donors (Lipinski definition) is 2. The van der Waals surface area contributed by atoms with Crippen molar-refractivity contribution in [1.29, 1.82) is 0 Å². The minimum Gasteiger partial charge on any atom is -0.356 e. The van der Waals surface area contributed by atoms with Gasteiger partial charge in [0, 0.05) is 56.6 Å². The van der Waals surface area contributed by atoms with E-state index >= 15 is 0 Å². The molecule has 2 N–H and O–H groups in total. The second-order valence-electron chi connectivity index (χ2n) is 9.48. The van der Waals surface area contributed by atoms with E-state index in [1.165, 1.54) is 30.4 Å². The molecule has 2 aromatic heterocycles. The van der Waals surface area contributed by atoms with Crippen LogP contribution < -0.4 is 10.6 Å². The number of nitrogens with one attached hydrogen (secondary N) is 2. The third-order valence-corrected chi connectivity index (χ3v) is 6.11. The zero-order valence-electron chi connectivity index (χ0n) is 21.8. The highest BCUT2D eigenvalue weighted by atomic mass is 16.2. The highest BCUT2D eigenvalue weighted by molar-refractivity contribution is 5.76. The van der Waals surface area contributed by atoms with Crippen LogP contribution in [0, 0.1) is 5.92 Å². The van der Waals surface area contributed by atoms with Crippen molar-refractivity contribution in [2.24, 2.45) is 5.92 Å². The number of pyridine rings is 2. The van der Waals surface area contributed by atoms with Crippen LogP contribution in [-0.4, -0.2) is 28.3 Å². The fourth-order valence-corrected chi connectivity index (χ4v) is 3.71. The smallest absolute Gasteiger partial charge is 0.220 e. The third-order valence-electron chi connectivity index (χ3n) is 6.11. The van der Waals surface area contributed by atoms with Crippen molar-refractivity contribution in [3.8, 4) is 0 Å². The van der Waals surface area contributed by atoms with Gasteiger partial charge in [0.2, 0.25) is 11.8 Å². The fourth-order valence-electron chi connectivity index (χ4n) is 3.71. The molecule has 0 saturated heterocycles. The molecule has 36 heavy (non-hydrogen) atoms. The molecule has 6 heteroatoms. The van der Waals surface area contributed by atoms with Crippen LogP contribution in [0.15, 0.2) is 73.2 Å². The van der Waals surface area contributed by atoms with E-state index in [9.17, 15) is 9.59 Å². The lowest BCUT2D eigenvalue weighted by molar-refractivity contribution is -0.122. The van der Waals surface area contributed by atoms with Gasteiger partial charge >= 0.3 is 0 Å². The van der Waals surface area contributed by atoms with Crippen molar-refractivity contribution >= 4 is 11.8 Å². The van der Waals surface area contributed by atoms with Crippen LogP contribution in [0.3, 0.4) is 0 Å². The van der Waals surface area contributed by atoms with E-state index in [0.717, 1.165) is 43.4 Å². The minimum absolute atomic E-state index is 0.103. The molecule has 6 nitrogen and oxygen atoms in total. The molecule has 2 aliphatic rings. The van der Waals surface area contributed by atoms with Gasteiger partial charge in [-0.1, -0.05) is 43.4 Å². The van der Waals surface area contributed by atoms with Gasteiger partial charge < -0.3 is 10.6 Å². The van der Waals surface area contributed by atoms with E-state index in [2.05, 4.69) is 33.8 Å². The lowest BCUT2D eigenvalue weighted by Gasteiger charge is -2.27. The van der Waals surface area contributed by atoms with Gasteiger partial charge in [-0.3, -0.25) is 19.6 Å². The van der Waals surface area contributed by atoms with E-state index in [4.69, 9.17) is 0 Å². The van der Waals surface area contributed by atoms with E-state index < -0.39 is 0 Å². The van der Waals surface area contributed by atoms with Gasteiger partial charge in [-0.2, -0.15) is 0 Å². The van der Waals surface area contributed by atoms with Crippen molar-refractivity contribution in [3.05, 3.63) is 84.5 Å². The van der Waals surface area contributed by atoms with E-state index in [1.54, 1.807) is 18.6 Å². The van der Waals surface area contributed by atoms with Gasteiger partial charge in [0.05, 0.1) is 0 Å². The molecular weight excluding hydrogens is 448 g/mol. The van der Waals surface area contributed by atoms with Crippen LogP contribution in [0.2, 0.25) is 0 Å². The number of allylic oxidation sites excluding steroid dienone is 2. The fraction of sp³-hybridized carbons (Fsp3) is 0.467. The van der Waals surface area contributed by atoms with E-state index in [0.29, 0.717) is 31.8 Å². The highest BCUT2D eigenvalue weighted by Gasteiger charge is 2.21. The Bertz CT molecular complexity index is 930. The van der Waals surface area contributed by atoms with Gasteiger partial charge in [0.25, 0.3) is 0 Å². The Morgan fingerprint density at radius 2 is 1.72 bits per heavy atom. The molecule has 0 aliphatic heterocycles. The molecule has 0 spiro atoms. The topological polar surface area (TPSA) is 84.0 Å². The van der Waals surface area contributed by atoms with Crippen molar-refractivity contribution in [1.82, 2.24) is 20.6 Å². The quantitative estimate of drug-likeness (QED) is 0.418. The van der Waals surface area contributed by atoms with Gasteiger partial charge in [-0.25, -0.2) is 0 Å². The number of nitrogens with zero attached hydrogens (tertiary/aromatic N) is 2. The predicted octanol–water partition coefficient (Wildman–Crippen LogP) is 5.71. The first-order chi connectivity index (χ1) is 17.5. The number of carbonyl (C=O) groups is 2. The second-order valence-corrected chi connectivity index (χ2v) is 9.48. The van der Waals surface area contributed by atoms with Gasteiger partial charge in [-0.05, 0) is 74.6 Å². The molecule has 0 atom stereocenters. The Labute approximate surface area is 216 Å². The average molecular weight is 491 g/mol. The van der Waals surface area contributed by atoms with Crippen LogP contribution >= 0.6 is 0 Å².